The van der Waals surface area contributed by atoms with Crippen molar-refractivity contribution in [1.82, 2.24) is 0 Å². The Bertz CT molecular complexity index is 392. The fourth-order valence-corrected chi connectivity index (χ4v) is 8.05. The van der Waals surface area contributed by atoms with Crippen LogP contribution in [0.25, 0.3) is 0 Å². The average Bonchev–Trinajstić information content (AvgIpc) is 2.95. The summed E-state index contributed by atoms with van der Waals surface area (Å²) in [6, 6.07) is 0. The van der Waals surface area contributed by atoms with Crippen LogP contribution in [0.2, 0.25) is 0 Å². The van der Waals surface area contributed by atoms with Crippen LogP contribution in [0.4, 0.5) is 0 Å². The molecule has 0 bridgehead atoms. The van der Waals surface area contributed by atoms with Gasteiger partial charge in [-0.05, 0) is 36.5 Å². The Morgan fingerprint density at radius 1 is 0.353 bits per heavy atom. The lowest BCUT2D eigenvalue weighted by Crippen LogP contribution is -2.23. The van der Waals surface area contributed by atoms with Gasteiger partial charge in [0.2, 0.25) is 0 Å². The molecule has 34 heavy (non-hydrogen) atoms. The highest BCUT2D eigenvalue weighted by molar-refractivity contribution is 4.79. The molecule has 0 nitrogen and oxygen atoms in total. The van der Waals surface area contributed by atoms with Crippen molar-refractivity contribution in [3.05, 3.63) is 0 Å². The first-order chi connectivity index (χ1) is 16.9. The average molecular weight is 473 g/mol. The molecule has 0 heteroatoms. The zero-order valence-corrected chi connectivity index (χ0v) is 23.5. The number of hydrogen-bond donors (Lipinski definition) is 0. The Morgan fingerprint density at radius 2 is 0.676 bits per heavy atom. The Morgan fingerprint density at radius 3 is 1.09 bits per heavy atom. The van der Waals surface area contributed by atoms with E-state index in [0.29, 0.717) is 0 Å². The van der Waals surface area contributed by atoms with Crippen molar-refractivity contribution in [1.29, 1.82) is 0 Å². The summed E-state index contributed by atoms with van der Waals surface area (Å²) in [5.74, 6) is 4.42. The van der Waals surface area contributed by atoms with E-state index in [9.17, 15) is 0 Å². The van der Waals surface area contributed by atoms with Gasteiger partial charge < -0.3 is 0 Å². The highest BCUT2D eigenvalue weighted by atomic mass is 14.3. The van der Waals surface area contributed by atoms with E-state index in [0.717, 1.165) is 23.7 Å². The largest absolute Gasteiger partial charge is 0.0533 e. The third-order valence-corrected chi connectivity index (χ3v) is 10.3. The predicted molar refractivity (Wildman–Crippen MR) is 152 cm³/mol. The second kappa shape index (κ2) is 19.2. The summed E-state index contributed by atoms with van der Waals surface area (Å²) in [5.41, 5.74) is 0. The molecule has 0 aromatic heterocycles. The van der Waals surface area contributed by atoms with Crippen LogP contribution in [0.15, 0.2) is 0 Å². The summed E-state index contributed by atoms with van der Waals surface area (Å²) < 4.78 is 0. The molecule has 5 saturated carbocycles. The smallest absolute Gasteiger partial charge is 0.0383 e. The molecule has 0 saturated heterocycles. The third-order valence-electron chi connectivity index (χ3n) is 10.3. The number of hydrogen-bond acceptors (Lipinski definition) is 0. The molecule has 0 aliphatic heterocycles. The van der Waals surface area contributed by atoms with Gasteiger partial charge in [-0.3, -0.25) is 0 Å². The van der Waals surface area contributed by atoms with Gasteiger partial charge >= 0.3 is 0 Å². The van der Waals surface area contributed by atoms with Crippen molar-refractivity contribution < 1.29 is 0 Å². The van der Waals surface area contributed by atoms with Gasteiger partial charge in [-0.15, -0.1) is 0 Å². The maximum absolute atomic E-state index is 1.61. The molecule has 0 heterocycles. The zero-order chi connectivity index (χ0) is 23.5. The van der Waals surface area contributed by atoms with E-state index in [1.165, 1.54) is 135 Å². The van der Waals surface area contributed by atoms with Gasteiger partial charge in [-0.1, -0.05) is 180 Å². The third kappa shape index (κ3) is 12.8. The molecular formula is C34H64. The Balaban J connectivity index is 0.000000219. The van der Waals surface area contributed by atoms with E-state index >= 15 is 0 Å². The van der Waals surface area contributed by atoms with Gasteiger partial charge in [0.1, 0.15) is 0 Å². The molecule has 0 radical (unpaired) electrons. The normalized spacial score (nSPS) is 26.5. The molecule has 5 aliphatic carbocycles. The minimum atomic E-state index is 1.10. The molecule has 200 valence electrons. The van der Waals surface area contributed by atoms with E-state index < -0.39 is 0 Å². The second-order valence-electron chi connectivity index (χ2n) is 13.2. The van der Waals surface area contributed by atoms with E-state index in [4.69, 9.17) is 0 Å². The quantitative estimate of drug-likeness (QED) is 0.360. The van der Waals surface area contributed by atoms with Crippen LogP contribution < -0.4 is 0 Å². The van der Waals surface area contributed by atoms with E-state index in [2.05, 4.69) is 0 Å². The summed E-state index contributed by atoms with van der Waals surface area (Å²) in [6.45, 7) is 0. The van der Waals surface area contributed by atoms with Crippen LogP contribution in [0.3, 0.4) is 0 Å². The van der Waals surface area contributed by atoms with E-state index in [-0.39, 0.29) is 0 Å². The fourth-order valence-electron chi connectivity index (χ4n) is 8.05. The molecule has 0 N–H and O–H groups in total. The first-order valence-electron chi connectivity index (χ1n) is 16.9. The van der Waals surface area contributed by atoms with Gasteiger partial charge in [0, 0.05) is 0 Å². The lowest BCUT2D eigenvalue weighted by molar-refractivity contribution is 0.166. The van der Waals surface area contributed by atoms with Crippen molar-refractivity contribution in [2.75, 3.05) is 0 Å². The first-order valence-corrected chi connectivity index (χ1v) is 16.9. The fraction of sp³-hybridized carbons (Fsp3) is 1.00. The summed E-state index contributed by atoms with van der Waals surface area (Å²) >= 11 is 0. The van der Waals surface area contributed by atoms with Crippen LogP contribution >= 0.6 is 0 Å². The maximum atomic E-state index is 1.61. The molecule has 1 atom stereocenters. The maximum Gasteiger partial charge on any atom is -0.0383 e. The lowest BCUT2D eigenvalue weighted by Gasteiger charge is -2.35. The SMILES string of the molecule is C1CCC(CCC(CC2CCCCC2)C2CCCCC2)CC1.C1CCCCC1.C1CCCCC1. The molecule has 0 spiro atoms. The topological polar surface area (TPSA) is 0 Å². The van der Waals surface area contributed by atoms with Crippen LogP contribution in [0.1, 0.15) is 193 Å². The van der Waals surface area contributed by atoms with Crippen LogP contribution in [-0.2, 0) is 0 Å². The zero-order valence-electron chi connectivity index (χ0n) is 23.5. The summed E-state index contributed by atoms with van der Waals surface area (Å²) in [7, 11) is 0. The van der Waals surface area contributed by atoms with E-state index in [1.54, 1.807) is 57.8 Å². The molecule has 1 unspecified atom stereocenters. The lowest BCUT2D eigenvalue weighted by atomic mass is 9.71. The van der Waals surface area contributed by atoms with Gasteiger partial charge in [0.15, 0.2) is 0 Å². The molecule has 5 aliphatic rings. The highest BCUT2D eigenvalue weighted by Crippen LogP contribution is 2.41. The molecule has 0 aromatic carbocycles. The Kier molecular flexibility index (Phi) is 16.1. The van der Waals surface area contributed by atoms with Crippen molar-refractivity contribution in [2.24, 2.45) is 23.7 Å². The van der Waals surface area contributed by atoms with Crippen molar-refractivity contribution >= 4 is 0 Å². The predicted octanol–water partition coefficient (Wildman–Crippen LogP) is 12.2. The van der Waals surface area contributed by atoms with E-state index in [1.807, 2.05) is 0 Å². The summed E-state index contributed by atoms with van der Waals surface area (Å²) in [4.78, 5) is 0. The minimum absolute atomic E-state index is 1.10. The second-order valence-corrected chi connectivity index (χ2v) is 13.2. The van der Waals surface area contributed by atoms with Gasteiger partial charge in [-0.25, -0.2) is 0 Å². The molecule has 5 fully saturated rings. The molecule has 0 amide bonds. The summed E-state index contributed by atoms with van der Waals surface area (Å²) in [5, 5.41) is 0. The first kappa shape index (κ1) is 28.6. The minimum Gasteiger partial charge on any atom is -0.0533 e. The van der Waals surface area contributed by atoms with Gasteiger partial charge in [0.25, 0.3) is 0 Å². The molecule has 5 rings (SSSR count). The van der Waals surface area contributed by atoms with Crippen molar-refractivity contribution in [3.63, 3.8) is 0 Å². The van der Waals surface area contributed by atoms with Gasteiger partial charge in [0.05, 0.1) is 0 Å². The number of rotatable bonds is 6. The molecule has 0 aromatic rings. The Labute approximate surface area is 216 Å². The molecular weight excluding hydrogens is 408 g/mol. The van der Waals surface area contributed by atoms with Crippen LogP contribution in [0.5, 0.6) is 0 Å². The van der Waals surface area contributed by atoms with Crippen molar-refractivity contribution in [2.45, 2.75) is 193 Å². The standard InChI is InChI=1S/C22H40.2C6H12/c1-4-10-19(11-5-1)16-17-22(21-14-8-3-9-15-21)18-20-12-6-2-7-13-20;2*1-2-4-6-5-3-1/h19-22H,1-18H2;2*1-6H2. The van der Waals surface area contributed by atoms with Crippen molar-refractivity contribution in [3.8, 4) is 0 Å². The van der Waals surface area contributed by atoms with Crippen LogP contribution in [-0.4, -0.2) is 0 Å². The highest BCUT2D eigenvalue weighted by Gasteiger charge is 2.28. The summed E-state index contributed by atoms with van der Waals surface area (Å²) in [6.07, 6.45) is 45.9. The Hall–Kier alpha value is 0. The monoisotopic (exact) mass is 473 g/mol. The van der Waals surface area contributed by atoms with Crippen LogP contribution in [0, 0.1) is 23.7 Å². The van der Waals surface area contributed by atoms with Gasteiger partial charge in [-0.2, -0.15) is 0 Å².